The van der Waals surface area contributed by atoms with Crippen molar-refractivity contribution in [2.45, 2.75) is 24.1 Å². The van der Waals surface area contributed by atoms with Gasteiger partial charge in [-0.25, -0.2) is 0 Å². The highest BCUT2D eigenvalue weighted by molar-refractivity contribution is 7.98. The number of hydrogen-bond acceptors (Lipinski definition) is 4. The van der Waals surface area contributed by atoms with Gasteiger partial charge in [0.1, 0.15) is 0 Å². The zero-order valence-corrected chi connectivity index (χ0v) is 14.8. The van der Waals surface area contributed by atoms with E-state index in [1.807, 2.05) is 30.0 Å². The summed E-state index contributed by atoms with van der Waals surface area (Å²) >= 11 is 3.57. The predicted octanol–water partition coefficient (Wildman–Crippen LogP) is 4.38. The maximum absolute atomic E-state index is 12.8. The Morgan fingerprint density at radius 3 is 2.67 bits per heavy atom. The Hall–Kier alpha value is -0.810. The molecule has 0 N–H and O–H groups in total. The summed E-state index contributed by atoms with van der Waals surface area (Å²) in [5, 5.41) is 0. The summed E-state index contributed by atoms with van der Waals surface area (Å²) in [5.74, 6) is 1.07. The van der Waals surface area contributed by atoms with Crippen molar-refractivity contribution in [3.8, 4) is 0 Å². The fourth-order valence-electron chi connectivity index (χ4n) is 2.54. The maximum atomic E-state index is 12.8. The highest BCUT2D eigenvalue weighted by Crippen LogP contribution is 2.42. The number of rotatable bonds is 2. The van der Waals surface area contributed by atoms with Crippen LogP contribution in [0.15, 0.2) is 29.2 Å². The van der Waals surface area contributed by atoms with Crippen molar-refractivity contribution in [2.24, 2.45) is 0 Å². The SMILES string of the molecule is Cc1sc(CN(C)C)c2c1C(=O)c1ccccc1CS2.Cl. The molecule has 0 radical (unpaired) electrons. The van der Waals surface area contributed by atoms with E-state index in [1.165, 1.54) is 9.77 Å². The molecule has 1 aromatic heterocycles. The van der Waals surface area contributed by atoms with Crippen LogP contribution in [0.2, 0.25) is 0 Å². The second-order valence-electron chi connectivity index (χ2n) is 5.30. The van der Waals surface area contributed by atoms with Crippen LogP contribution in [0.25, 0.3) is 0 Å². The summed E-state index contributed by atoms with van der Waals surface area (Å²) in [7, 11) is 4.14. The van der Waals surface area contributed by atoms with E-state index in [9.17, 15) is 4.79 Å². The van der Waals surface area contributed by atoms with Gasteiger partial charge in [0.15, 0.2) is 5.78 Å². The van der Waals surface area contributed by atoms with Crippen molar-refractivity contribution >= 4 is 41.3 Å². The molecule has 0 unspecified atom stereocenters. The van der Waals surface area contributed by atoms with Crippen molar-refractivity contribution < 1.29 is 4.79 Å². The number of thioether (sulfide) groups is 1. The third kappa shape index (κ3) is 3.04. The number of thiophene rings is 1. The van der Waals surface area contributed by atoms with E-state index in [1.54, 1.807) is 11.3 Å². The molecule has 1 aliphatic rings. The number of nitrogens with zero attached hydrogens (tertiary/aromatic N) is 1. The lowest BCUT2D eigenvalue weighted by Crippen LogP contribution is -2.10. The van der Waals surface area contributed by atoms with Gasteiger partial charge in [0, 0.05) is 32.5 Å². The van der Waals surface area contributed by atoms with E-state index in [0.29, 0.717) is 0 Å². The minimum absolute atomic E-state index is 0. The van der Waals surface area contributed by atoms with E-state index >= 15 is 0 Å². The predicted molar refractivity (Wildman–Crippen MR) is 93.1 cm³/mol. The van der Waals surface area contributed by atoms with Gasteiger partial charge < -0.3 is 4.90 Å². The highest BCUT2D eigenvalue weighted by atomic mass is 35.5. The van der Waals surface area contributed by atoms with Crippen LogP contribution in [-0.4, -0.2) is 24.8 Å². The van der Waals surface area contributed by atoms with Crippen LogP contribution < -0.4 is 0 Å². The zero-order valence-electron chi connectivity index (χ0n) is 12.3. The first kappa shape index (κ1) is 16.6. The summed E-state index contributed by atoms with van der Waals surface area (Å²) in [4.78, 5) is 18.6. The molecule has 2 aromatic rings. The van der Waals surface area contributed by atoms with Crippen molar-refractivity contribution in [1.29, 1.82) is 0 Å². The standard InChI is InChI=1S/C16H17NOS2.ClH/c1-10-14-15(18)12-7-5-4-6-11(12)9-19-16(14)13(20-10)8-17(2)3;/h4-7H,8-9H2,1-3H3;1H. The molecule has 2 nitrogen and oxygen atoms in total. The first-order valence-electron chi connectivity index (χ1n) is 6.60. The monoisotopic (exact) mass is 339 g/mol. The van der Waals surface area contributed by atoms with Crippen LogP contribution in [0.4, 0.5) is 0 Å². The van der Waals surface area contributed by atoms with Gasteiger partial charge in [0.25, 0.3) is 0 Å². The third-order valence-corrected chi connectivity index (χ3v) is 5.84. The lowest BCUT2D eigenvalue weighted by Gasteiger charge is -2.09. The largest absolute Gasteiger partial charge is 0.304 e. The van der Waals surface area contributed by atoms with E-state index in [4.69, 9.17) is 0 Å². The van der Waals surface area contributed by atoms with Crippen LogP contribution >= 0.6 is 35.5 Å². The molecule has 0 spiro atoms. The second-order valence-corrected chi connectivity index (χ2v) is 7.59. The molecule has 0 saturated heterocycles. The van der Waals surface area contributed by atoms with Gasteiger partial charge in [-0.2, -0.15) is 0 Å². The number of carbonyl (C=O) groups excluding carboxylic acids is 1. The molecule has 2 heterocycles. The number of aryl methyl sites for hydroxylation is 1. The van der Waals surface area contributed by atoms with Gasteiger partial charge in [-0.15, -0.1) is 35.5 Å². The van der Waals surface area contributed by atoms with Crippen molar-refractivity contribution in [1.82, 2.24) is 4.90 Å². The lowest BCUT2D eigenvalue weighted by molar-refractivity contribution is 0.103. The number of halogens is 1. The molecular formula is C16H18ClNOS2. The quantitative estimate of drug-likeness (QED) is 0.810. The number of fused-ring (bicyclic) bond motifs is 2. The molecule has 0 amide bonds. The molecule has 0 bridgehead atoms. The Kier molecular flexibility index (Phi) is 5.15. The van der Waals surface area contributed by atoms with Gasteiger partial charge >= 0.3 is 0 Å². The molecule has 1 aliphatic heterocycles. The first-order chi connectivity index (χ1) is 9.58. The summed E-state index contributed by atoms with van der Waals surface area (Å²) in [6.45, 7) is 2.96. The molecule has 112 valence electrons. The Labute approximate surface area is 140 Å². The van der Waals surface area contributed by atoms with Gasteiger partial charge in [-0.3, -0.25) is 4.79 Å². The fraction of sp³-hybridized carbons (Fsp3) is 0.312. The van der Waals surface area contributed by atoms with Gasteiger partial charge in [0.2, 0.25) is 0 Å². The number of benzene rings is 1. The molecule has 3 rings (SSSR count). The fourth-order valence-corrected chi connectivity index (χ4v) is 5.26. The molecule has 1 aromatic carbocycles. The second kappa shape index (κ2) is 6.53. The number of carbonyl (C=O) groups is 1. The van der Waals surface area contributed by atoms with Gasteiger partial charge in [-0.1, -0.05) is 24.3 Å². The molecule has 5 heteroatoms. The molecular weight excluding hydrogens is 322 g/mol. The van der Waals surface area contributed by atoms with Gasteiger partial charge in [0.05, 0.1) is 5.56 Å². The van der Waals surface area contributed by atoms with Crippen molar-refractivity contribution in [3.05, 3.63) is 50.7 Å². The molecule has 0 saturated carbocycles. The number of ketones is 1. The minimum atomic E-state index is 0. The highest BCUT2D eigenvalue weighted by Gasteiger charge is 2.27. The summed E-state index contributed by atoms with van der Waals surface area (Å²) in [5.41, 5.74) is 2.96. The first-order valence-corrected chi connectivity index (χ1v) is 8.40. The van der Waals surface area contributed by atoms with Crippen LogP contribution in [0.1, 0.15) is 31.2 Å². The Morgan fingerprint density at radius 1 is 1.24 bits per heavy atom. The summed E-state index contributed by atoms with van der Waals surface area (Å²) in [6, 6.07) is 7.99. The summed E-state index contributed by atoms with van der Waals surface area (Å²) in [6.07, 6.45) is 0. The van der Waals surface area contributed by atoms with E-state index in [0.717, 1.165) is 33.9 Å². The summed E-state index contributed by atoms with van der Waals surface area (Å²) < 4.78 is 0. The Morgan fingerprint density at radius 2 is 1.95 bits per heavy atom. The Bertz CT molecular complexity index is 679. The van der Waals surface area contributed by atoms with Crippen LogP contribution in [0.3, 0.4) is 0 Å². The minimum Gasteiger partial charge on any atom is -0.304 e. The molecule has 0 aliphatic carbocycles. The Balaban J connectivity index is 0.00000161. The molecule has 0 atom stereocenters. The van der Waals surface area contributed by atoms with Crippen molar-refractivity contribution in [3.63, 3.8) is 0 Å². The smallest absolute Gasteiger partial charge is 0.195 e. The maximum Gasteiger partial charge on any atom is 0.195 e. The van der Waals surface area contributed by atoms with Crippen LogP contribution in [0.5, 0.6) is 0 Å². The zero-order chi connectivity index (χ0) is 14.3. The molecule has 21 heavy (non-hydrogen) atoms. The van der Waals surface area contributed by atoms with E-state index in [2.05, 4.69) is 32.0 Å². The number of hydrogen-bond donors (Lipinski definition) is 0. The van der Waals surface area contributed by atoms with Crippen LogP contribution in [0, 0.1) is 6.92 Å². The van der Waals surface area contributed by atoms with Gasteiger partial charge in [-0.05, 0) is 26.6 Å². The third-order valence-electron chi connectivity index (χ3n) is 3.43. The van der Waals surface area contributed by atoms with E-state index in [-0.39, 0.29) is 18.2 Å². The van der Waals surface area contributed by atoms with Crippen LogP contribution in [-0.2, 0) is 12.3 Å². The normalized spacial score (nSPS) is 13.4. The van der Waals surface area contributed by atoms with E-state index < -0.39 is 0 Å². The average Bonchev–Trinajstić information content (AvgIpc) is 2.61. The van der Waals surface area contributed by atoms with Crippen molar-refractivity contribution in [2.75, 3.05) is 14.1 Å². The topological polar surface area (TPSA) is 20.3 Å². The average molecular weight is 340 g/mol. The lowest BCUT2D eigenvalue weighted by atomic mass is 9.99. The molecule has 0 fully saturated rings.